The van der Waals surface area contributed by atoms with Crippen LogP contribution in [0.25, 0.3) is 0 Å². The van der Waals surface area contributed by atoms with Crippen LogP contribution in [0.2, 0.25) is 5.02 Å². The first-order valence-electron chi connectivity index (χ1n) is 7.17. The zero-order valence-electron chi connectivity index (χ0n) is 11.7. The van der Waals surface area contributed by atoms with E-state index in [1.54, 1.807) is 0 Å². The fraction of sp³-hybridized carbons (Fsp3) is 0.294. The average Bonchev–Trinajstić information content (AvgIpc) is 2.82. The second-order valence-electron chi connectivity index (χ2n) is 5.46. The maximum Gasteiger partial charge on any atom is 0.0548 e. The molecule has 0 aromatic heterocycles. The fourth-order valence-electron chi connectivity index (χ4n) is 3.04. The number of rotatable bonds is 4. The van der Waals surface area contributed by atoms with E-state index in [4.69, 9.17) is 17.3 Å². The molecule has 1 unspecified atom stereocenters. The van der Waals surface area contributed by atoms with Crippen LogP contribution in [-0.4, -0.2) is 13.1 Å². The van der Waals surface area contributed by atoms with Crippen LogP contribution < -0.4 is 10.6 Å². The van der Waals surface area contributed by atoms with Crippen LogP contribution in [0.1, 0.15) is 23.5 Å². The quantitative estimate of drug-likeness (QED) is 0.861. The van der Waals surface area contributed by atoms with Gasteiger partial charge in [-0.25, -0.2) is 0 Å². The van der Waals surface area contributed by atoms with Gasteiger partial charge in [-0.1, -0.05) is 35.9 Å². The minimum atomic E-state index is 0.543. The molecule has 2 N–H and O–H groups in total. The molecule has 1 atom stereocenters. The highest BCUT2D eigenvalue weighted by Crippen LogP contribution is 2.38. The summed E-state index contributed by atoms with van der Waals surface area (Å²) in [7, 11) is 0. The molecule has 2 aromatic carbocycles. The predicted octanol–water partition coefficient (Wildman–Crippen LogP) is 4.56. The largest absolute Gasteiger partial charge is 0.366 e. The van der Waals surface area contributed by atoms with Crippen molar-refractivity contribution in [3.8, 4) is 0 Å². The molecule has 0 fully saturated rings. The Bertz CT molecular complexity index is 644. The summed E-state index contributed by atoms with van der Waals surface area (Å²) in [4.78, 5) is 2.44. The van der Waals surface area contributed by atoms with Gasteiger partial charge >= 0.3 is 0 Å². The minimum absolute atomic E-state index is 0.543. The number of para-hydroxylation sites is 1. The number of anilines is 1. The first-order valence-corrected chi connectivity index (χ1v) is 8.34. The number of hydrogen-bond acceptors (Lipinski definition) is 2. The van der Waals surface area contributed by atoms with E-state index in [1.807, 2.05) is 6.07 Å². The molecular formula is C17H18BrClN2. The molecule has 1 heterocycles. The fourth-order valence-corrected chi connectivity index (χ4v) is 3.58. The van der Waals surface area contributed by atoms with Gasteiger partial charge < -0.3 is 10.6 Å². The SMILES string of the molecule is NCCC1CN(Cc2ccc(Cl)c(Br)c2)c2ccccc21. The number of benzene rings is 2. The van der Waals surface area contributed by atoms with E-state index < -0.39 is 0 Å². The van der Waals surface area contributed by atoms with Crippen molar-refractivity contribution >= 4 is 33.2 Å². The van der Waals surface area contributed by atoms with Crippen molar-refractivity contribution in [1.82, 2.24) is 0 Å². The molecule has 4 heteroatoms. The Hall–Kier alpha value is -1.03. The Labute approximate surface area is 139 Å². The van der Waals surface area contributed by atoms with Gasteiger partial charge in [-0.15, -0.1) is 0 Å². The van der Waals surface area contributed by atoms with E-state index in [9.17, 15) is 0 Å². The zero-order valence-corrected chi connectivity index (χ0v) is 14.1. The summed E-state index contributed by atoms with van der Waals surface area (Å²) in [6.45, 7) is 2.67. The molecule has 1 aliphatic rings. The molecule has 0 aliphatic carbocycles. The van der Waals surface area contributed by atoms with Crippen molar-refractivity contribution < 1.29 is 0 Å². The lowest BCUT2D eigenvalue weighted by molar-refractivity contribution is 0.644. The average molecular weight is 366 g/mol. The number of halogens is 2. The van der Waals surface area contributed by atoms with Crippen LogP contribution in [0.3, 0.4) is 0 Å². The van der Waals surface area contributed by atoms with Gasteiger partial charge in [0.2, 0.25) is 0 Å². The van der Waals surface area contributed by atoms with Gasteiger partial charge in [0.25, 0.3) is 0 Å². The van der Waals surface area contributed by atoms with Gasteiger partial charge in [-0.3, -0.25) is 0 Å². The van der Waals surface area contributed by atoms with Crippen LogP contribution in [0.15, 0.2) is 46.9 Å². The molecule has 1 aliphatic heterocycles. The molecule has 0 spiro atoms. The zero-order chi connectivity index (χ0) is 14.8. The highest BCUT2D eigenvalue weighted by molar-refractivity contribution is 9.10. The lowest BCUT2D eigenvalue weighted by Crippen LogP contribution is -2.22. The lowest BCUT2D eigenvalue weighted by Gasteiger charge is -2.20. The number of fused-ring (bicyclic) bond motifs is 1. The summed E-state index contributed by atoms with van der Waals surface area (Å²) in [6.07, 6.45) is 1.04. The Morgan fingerprint density at radius 3 is 2.81 bits per heavy atom. The Balaban J connectivity index is 1.84. The van der Waals surface area contributed by atoms with Crippen LogP contribution in [-0.2, 0) is 6.54 Å². The third-order valence-corrected chi connectivity index (χ3v) is 5.24. The summed E-state index contributed by atoms with van der Waals surface area (Å²) in [5, 5.41) is 0.751. The van der Waals surface area contributed by atoms with Crippen molar-refractivity contribution in [3.05, 3.63) is 63.1 Å². The smallest absolute Gasteiger partial charge is 0.0548 e. The Morgan fingerprint density at radius 2 is 2.05 bits per heavy atom. The van der Waals surface area contributed by atoms with Crippen molar-refractivity contribution in [1.29, 1.82) is 0 Å². The standard InChI is InChI=1S/C17H18BrClN2/c18-15-9-12(5-6-16(15)19)10-21-11-13(7-8-20)14-3-1-2-4-17(14)21/h1-6,9,13H,7-8,10-11,20H2. The van der Waals surface area contributed by atoms with E-state index in [-0.39, 0.29) is 0 Å². The molecule has 3 rings (SSSR count). The molecule has 0 amide bonds. The van der Waals surface area contributed by atoms with Gasteiger partial charge in [0, 0.05) is 29.2 Å². The molecular weight excluding hydrogens is 348 g/mol. The normalized spacial score (nSPS) is 17.1. The molecule has 2 nitrogen and oxygen atoms in total. The molecule has 2 aromatic rings. The van der Waals surface area contributed by atoms with E-state index >= 15 is 0 Å². The van der Waals surface area contributed by atoms with Crippen LogP contribution in [0.5, 0.6) is 0 Å². The predicted molar refractivity (Wildman–Crippen MR) is 93.1 cm³/mol. The van der Waals surface area contributed by atoms with E-state index in [0.29, 0.717) is 5.92 Å². The number of nitrogens with two attached hydrogens (primary N) is 1. The topological polar surface area (TPSA) is 29.3 Å². The highest BCUT2D eigenvalue weighted by atomic mass is 79.9. The molecule has 21 heavy (non-hydrogen) atoms. The van der Waals surface area contributed by atoms with Gasteiger partial charge in [-0.05, 0) is 58.2 Å². The highest BCUT2D eigenvalue weighted by Gasteiger charge is 2.27. The van der Waals surface area contributed by atoms with E-state index in [2.05, 4.69) is 57.2 Å². The summed E-state index contributed by atoms with van der Waals surface area (Å²) >= 11 is 9.57. The maximum atomic E-state index is 6.07. The first kappa shape index (κ1) is 14.9. The van der Waals surface area contributed by atoms with Crippen LogP contribution in [0, 0.1) is 0 Å². The van der Waals surface area contributed by atoms with Gasteiger partial charge in [0.05, 0.1) is 5.02 Å². The molecule has 0 saturated carbocycles. The molecule has 0 bridgehead atoms. The maximum absolute atomic E-state index is 6.07. The molecule has 0 saturated heterocycles. The lowest BCUT2D eigenvalue weighted by atomic mass is 9.98. The Kier molecular flexibility index (Phi) is 4.53. The first-order chi connectivity index (χ1) is 10.2. The molecule has 110 valence electrons. The third kappa shape index (κ3) is 3.10. The number of hydrogen-bond donors (Lipinski definition) is 1. The molecule has 0 radical (unpaired) electrons. The van der Waals surface area contributed by atoms with Crippen LogP contribution in [0.4, 0.5) is 5.69 Å². The second-order valence-corrected chi connectivity index (χ2v) is 6.72. The third-order valence-electron chi connectivity index (χ3n) is 4.03. The van der Waals surface area contributed by atoms with E-state index in [0.717, 1.165) is 35.6 Å². The monoisotopic (exact) mass is 364 g/mol. The van der Waals surface area contributed by atoms with Crippen molar-refractivity contribution in [2.45, 2.75) is 18.9 Å². The van der Waals surface area contributed by atoms with Crippen molar-refractivity contribution in [3.63, 3.8) is 0 Å². The summed E-state index contributed by atoms with van der Waals surface area (Å²) in [5.74, 6) is 0.543. The second kappa shape index (κ2) is 6.39. The van der Waals surface area contributed by atoms with Gasteiger partial charge in [0.1, 0.15) is 0 Å². The van der Waals surface area contributed by atoms with E-state index in [1.165, 1.54) is 16.8 Å². The Morgan fingerprint density at radius 1 is 1.24 bits per heavy atom. The van der Waals surface area contributed by atoms with Crippen molar-refractivity contribution in [2.75, 3.05) is 18.0 Å². The number of nitrogens with zero attached hydrogens (tertiary/aromatic N) is 1. The van der Waals surface area contributed by atoms with Gasteiger partial charge in [-0.2, -0.15) is 0 Å². The minimum Gasteiger partial charge on any atom is -0.366 e. The van der Waals surface area contributed by atoms with Gasteiger partial charge in [0.15, 0.2) is 0 Å². The van der Waals surface area contributed by atoms with Crippen molar-refractivity contribution in [2.24, 2.45) is 5.73 Å². The summed E-state index contributed by atoms with van der Waals surface area (Å²) in [6, 6.07) is 14.8. The summed E-state index contributed by atoms with van der Waals surface area (Å²) < 4.78 is 0.952. The summed E-state index contributed by atoms with van der Waals surface area (Å²) in [5.41, 5.74) is 9.78. The van der Waals surface area contributed by atoms with Crippen LogP contribution >= 0.6 is 27.5 Å².